The molecule has 0 unspecified atom stereocenters. The topological polar surface area (TPSA) is 72.4 Å². The number of rotatable bonds is 2. The molecular formula is C15H13BrN4O. The Morgan fingerprint density at radius 1 is 1.38 bits per heavy atom. The number of hydrogen-bond donors (Lipinski definition) is 2. The van der Waals surface area contributed by atoms with E-state index in [1.807, 2.05) is 31.2 Å². The highest BCUT2D eigenvalue weighted by Gasteiger charge is 2.15. The van der Waals surface area contributed by atoms with Gasteiger partial charge in [0.25, 0.3) is 5.91 Å². The fourth-order valence-electron chi connectivity index (χ4n) is 2.23. The van der Waals surface area contributed by atoms with Crippen molar-refractivity contribution in [2.24, 2.45) is 0 Å². The minimum atomic E-state index is -0.228. The molecule has 0 aliphatic heterocycles. The average molecular weight is 345 g/mol. The standard InChI is InChI=1S/C15H13BrN4O/c1-9-6-10(16)7-12(17)14(9)19-15(21)11-8-18-20-5-3-2-4-13(11)20/h2-8H,17H2,1H3,(H,19,21). The number of nitrogens with zero attached hydrogens (tertiary/aromatic N) is 2. The van der Waals surface area contributed by atoms with E-state index in [1.54, 1.807) is 23.0 Å². The molecule has 0 fully saturated rings. The van der Waals surface area contributed by atoms with Crippen LogP contribution in [0.2, 0.25) is 0 Å². The summed E-state index contributed by atoms with van der Waals surface area (Å²) >= 11 is 3.38. The number of nitrogens with two attached hydrogens (primary N) is 1. The second-order valence-electron chi connectivity index (χ2n) is 4.73. The molecule has 5 nitrogen and oxygen atoms in total. The molecule has 106 valence electrons. The number of aryl methyl sites for hydroxylation is 1. The van der Waals surface area contributed by atoms with Crippen LogP contribution in [0.5, 0.6) is 0 Å². The maximum Gasteiger partial charge on any atom is 0.259 e. The van der Waals surface area contributed by atoms with Crippen LogP contribution < -0.4 is 11.1 Å². The summed E-state index contributed by atoms with van der Waals surface area (Å²) in [5.74, 6) is -0.228. The first-order chi connectivity index (χ1) is 10.1. The van der Waals surface area contributed by atoms with Crippen molar-refractivity contribution < 1.29 is 4.79 Å². The molecule has 3 N–H and O–H groups in total. The van der Waals surface area contributed by atoms with Gasteiger partial charge in [0.15, 0.2) is 0 Å². The number of anilines is 2. The van der Waals surface area contributed by atoms with E-state index in [0.717, 1.165) is 15.6 Å². The largest absolute Gasteiger partial charge is 0.397 e. The van der Waals surface area contributed by atoms with Gasteiger partial charge in [-0.3, -0.25) is 4.79 Å². The van der Waals surface area contributed by atoms with E-state index in [1.165, 1.54) is 0 Å². The molecule has 0 atom stereocenters. The van der Waals surface area contributed by atoms with Crippen LogP contribution in [0.25, 0.3) is 5.52 Å². The van der Waals surface area contributed by atoms with Gasteiger partial charge in [0.2, 0.25) is 0 Å². The van der Waals surface area contributed by atoms with Gasteiger partial charge in [0.1, 0.15) is 0 Å². The van der Waals surface area contributed by atoms with E-state index in [4.69, 9.17) is 5.73 Å². The van der Waals surface area contributed by atoms with Crippen molar-refractivity contribution in [1.82, 2.24) is 9.61 Å². The number of benzene rings is 1. The normalized spacial score (nSPS) is 10.8. The SMILES string of the molecule is Cc1cc(Br)cc(N)c1NC(=O)c1cnn2ccccc12. The molecule has 0 radical (unpaired) electrons. The summed E-state index contributed by atoms with van der Waals surface area (Å²) in [7, 11) is 0. The van der Waals surface area contributed by atoms with E-state index in [9.17, 15) is 4.79 Å². The Kier molecular flexibility index (Phi) is 3.39. The monoisotopic (exact) mass is 344 g/mol. The molecule has 0 bridgehead atoms. The van der Waals surface area contributed by atoms with E-state index < -0.39 is 0 Å². The number of hydrogen-bond acceptors (Lipinski definition) is 3. The predicted octanol–water partition coefficient (Wildman–Crippen LogP) is 3.24. The molecule has 1 amide bonds. The van der Waals surface area contributed by atoms with E-state index in [2.05, 4.69) is 26.3 Å². The summed E-state index contributed by atoms with van der Waals surface area (Å²) in [6.07, 6.45) is 3.35. The summed E-state index contributed by atoms with van der Waals surface area (Å²) in [5, 5.41) is 7.02. The number of carbonyl (C=O) groups excluding carboxylic acids is 1. The van der Waals surface area contributed by atoms with Crippen molar-refractivity contribution in [1.29, 1.82) is 0 Å². The number of fused-ring (bicyclic) bond motifs is 1. The Labute approximate surface area is 129 Å². The molecule has 0 saturated heterocycles. The van der Waals surface area contributed by atoms with Gasteiger partial charge in [-0.25, -0.2) is 4.52 Å². The molecule has 1 aromatic carbocycles. The van der Waals surface area contributed by atoms with Crippen LogP contribution in [0, 0.1) is 6.92 Å². The highest BCUT2D eigenvalue weighted by atomic mass is 79.9. The number of pyridine rings is 1. The van der Waals surface area contributed by atoms with Gasteiger partial charge in [-0.15, -0.1) is 0 Å². The average Bonchev–Trinajstić information content (AvgIpc) is 2.86. The second-order valence-corrected chi connectivity index (χ2v) is 5.65. The van der Waals surface area contributed by atoms with Crippen molar-refractivity contribution >= 4 is 38.7 Å². The Bertz CT molecular complexity index is 818. The summed E-state index contributed by atoms with van der Waals surface area (Å²) < 4.78 is 2.54. The third kappa shape index (κ3) is 2.50. The van der Waals surface area contributed by atoms with Gasteiger partial charge in [-0.05, 0) is 36.8 Å². The zero-order valence-electron chi connectivity index (χ0n) is 11.3. The first kappa shape index (κ1) is 13.6. The molecule has 0 aliphatic rings. The first-order valence-corrected chi connectivity index (χ1v) is 7.15. The molecule has 21 heavy (non-hydrogen) atoms. The summed E-state index contributed by atoms with van der Waals surface area (Å²) in [6, 6.07) is 9.24. The molecule has 2 aromatic heterocycles. The highest BCUT2D eigenvalue weighted by molar-refractivity contribution is 9.10. The van der Waals surface area contributed by atoms with Crippen LogP contribution in [-0.2, 0) is 0 Å². The molecule has 0 spiro atoms. The van der Waals surface area contributed by atoms with Crippen LogP contribution in [0.1, 0.15) is 15.9 Å². The Balaban J connectivity index is 1.97. The van der Waals surface area contributed by atoms with Crippen LogP contribution in [0.4, 0.5) is 11.4 Å². The number of halogens is 1. The summed E-state index contributed by atoms with van der Waals surface area (Å²) in [5.41, 5.74) is 9.27. The van der Waals surface area contributed by atoms with Crippen LogP contribution in [0.15, 0.2) is 47.2 Å². The predicted molar refractivity (Wildman–Crippen MR) is 86.4 cm³/mol. The third-order valence-electron chi connectivity index (χ3n) is 3.24. The number of aromatic nitrogens is 2. The second kappa shape index (κ2) is 5.21. The van der Waals surface area contributed by atoms with Crippen LogP contribution in [-0.4, -0.2) is 15.5 Å². The summed E-state index contributed by atoms with van der Waals surface area (Å²) in [6.45, 7) is 1.90. The zero-order valence-corrected chi connectivity index (χ0v) is 12.9. The third-order valence-corrected chi connectivity index (χ3v) is 3.70. The smallest absolute Gasteiger partial charge is 0.259 e. The van der Waals surface area contributed by atoms with Crippen molar-refractivity contribution in [2.75, 3.05) is 11.1 Å². The lowest BCUT2D eigenvalue weighted by Crippen LogP contribution is -2.14. The molecule has 2 heterocycles. The molecule has 3 aromatic rings. The summed E-state index contributed by atoms with van der Waals surface area (Å²) in [4.78, 5) is 12.4. The molecule has 0 aliphatic carbocycles. The molecule has 6 heteroatoms. The van der Waals surface area contributed by atoms with Crippen LogP contribution in [0.3, 0.4) is 0 Å². The lowest BCUT2D eigenvalue weighted by atomic mass is 10.1. The number of nitrogens with one attached hydrogen (secondary N) is 1. The van der Waals surface area contributed by atoms with Crippen molar-refractivity contribution in [3.63, 3.8) is 0 Å². The highest BCUT2D eigenvalue weighted by Crippen LogP contribution is 2.28. The lowest BCUT2D eigenvalue weighted by molar-refractivity contribution is 0.102. The molecule has 3 rings (SSSR count). The van der Waals surface area contributed by atoms with Gasteiger partial charge in [0, 0.05) is 10.7 Å². The zero-order chi connectivity index (χ0) is 15.0. The van der Waals surface area contributed by atoms with E-state index in [0.29, 0.717) is 16.9 Å². The number of nitrogen functional groups attached to an aromatic ring is 1. The minimum absolute atomic E-state index is 0.228. The van der Waals surface area contributed by atoms with Gasteiger partial charge in [-0.1, -0.05) is 22.0 Å². The Hall–Kier alpha value is -2.34. The molecular weight excluding hydrogens is 332 g/mol. The van der Waals surface area contributed by atoms with Crippen LogP contribution >= 0.6 is 15.9 Å². The fourth-order valence-corrected chi connectivity index (χ4v) is 2.82. The Morgan fingerprint density at radius 2 is 2.19 bits per heavy atom. The van der Waals surface area contributed by atoms with Gasteiger partial charge >= 0.3 is 0 Å². The van der Waals surface area contributed by atoms with E-state index in [-0.39, 0.29) is 5.91 Å². The maximum absolute atomic E-state index is 12.4. The minimum Gasteiger partial charge on any atom is -0.397 e. The Morgan fingerprint density at radius 3 is 2.95 bits per heavy atom. The lowest BCUT2D eigenvalue weighted by Gasteiger charge is -2.11. The molecule has 0 saturated carbocycles. The van der Waals surface area contributed by atoms with Crippen molar-refractivity contribution in [2.45, 2.75) is 6.92 Å². The van der Waals surface area contributed by atoms with Gasteiger partial charge < -0.3 is 11.1 Å². The first-order valence-electron chi connectivity index (χ1n) is 6.35. The van der Waals surface area contributed by atoms with Gasteiger partial charge in [-0.2, -0.15) is 5.10 Å². The number of carbonyl (C=O) groups is 1. The van der Waals surface area contributed by atoms with Crippen molar-refractivity contribution in [3.8, 4) is 0 Å². The van der Waals surface area contributed by atoms with E-state index >= 15 is 0 Å². The maximum atomic E-state index is 12.4. The fraction of sp³-hybridized carbons (Fsp3) is 0.0667. The van der Waals surface area contributed by atoms with Gasteiger partial charge in [0.05, 0.1) is 28.7 Å². The number of amides is 1. The van der Waals surface area contributed by atoms with Crippen molar-refractivity contribution in [3.05, 3.63) is 58.3 Å². The quantitative estimate of drug-likeness (QED) is 0.701.